The van der Waals surface area contributed by atoms with E-state index in [1.165, 1.54) is 17.8 Å². The van der Waals surface area contributed by atoms with Gasteiger partial charge >= 0.3 is 0 Å². The molecule has 0 saturated heterocycles. The standard InChI is InChI=1S/C10H14N2/c1-7-3-5-10-9(11-7)6-4-8(2)12-10/h3,5,8,12H,4,6H2,1-2H3. The van der Waals surface area contributed by atoms with E-state index in [2.05, 4.69) is 29.4 Å². The van der Waals surface area contributed by atoms with E-state index in [0.717, 1.165) is 12.1 Å². The Kier molecular flexibility index (Phi) is 1.75. The number of hydrogen-bond acceptors (Lipinski definition) is 2. The Hall–Kier alpha value is -1.05. The van der Waals surface area contributed by atoms with Gasteiger partial charge in [-0.1, -0.05) is 0 Å². The molecule has 1 aliphatic heterocycles. The van der Waals surface area contributed by atoms with Crippen molar-refractivity contribution in [2.75, 3.05) is 5.32 Å². The van der Waals surface area contributed by atoms with Crippen LogP contribution in [0.2, 0.25) is 0 Å². The lowest BCUT2D eigenvalue weighted by molar-refractivity contribution is 0.666. The van der Waals surface area contributed by atoms with Crippen LogP contribution in [0.5, 0.6) is 0 Å². The normalized spacial score (nSPS) is 21.3. The molecule has 2 nitrogen and oxygen atoms in total. The van der Waals surface area contributed by atoms with Gasteiger partial charge in [0.25, 0.3) is 0 Å². The van der Waals surface area contributed by atoms with Crippen LogP contribution in [-0.2, 0) is 6.42 Å². The van der Waals surface area contributed by atoms with Crippen molar-refractivity contribution < 1.29 is 0 Å². The number of rotatable bonds is 0. The molecule has 2 rings (SSSR count). The lowest BCUT2D eigenvalue weighted by Gasteiger charge is -2.23. The number of hydrogen-bond donors (Lipinski definition) is 1. The van der Waals surface area contributed by atoms with Gasteiger partial charge in [0.15, 0.2) is 0 Å². The third-order valence-electron chi connectivity index (χ3n) is 2.33. The molecule has 0 aromatic carbocycles. The van der Waals surface area contributed by atoms with Crippen LogP contribution < -0.4 is 5.32 Å². The first-order chi connectivity index (χ1) is 5.75. The Bertz CT molecular complexity index is 294. The minimum absolute atomic E-state index is 0.599. The number of pyridine rings is 1. The fourth-order valence-electron chi connectivity index (χ4n) is 1.62. The minimum Gasteiger partial charge on any atom is -0.381 e. The molecule has 0 radical (unpaired) electrons. The molecule has 1 unspecified atom stereocenters. The van der Waals surface area contributed by atoms with Crippen molar-refractivity contribution in [2.45, 2.75) is 32.7 Å². The van der Waals surface area contributed by atoms with Gasteiger partial charge in [0, 0.05) is 11.7 Å². The van der Waals surface area contributed by atoms with E-state index in [1.54, 1.807) is 0 Å². The summed E-state index contributed by atoms with van der Waals surface area (Å²) in [5.74, 6) is 0. The van der Waals surface area contributed by atoms with E-state index >= 15 is 0 Å². The highest BCUT2D eigenvalue weighted by Gasteiger charge is 2.14. The van der Waals surface area contributed by atoms with E-state index in [-0.39, 0.29) is 0 Å². The predicted octanol–water partition coefficient (Wildman–Crippen LogP) is 2.14. The summed E-state index contributed by atoms with van der Waals surface area (Å²) in [5.41, 5.74) is 3.57. The Labute approximate surface area is 73.0 Å². The first-order valence-corrected chi connectivity index (χ1v) is 4.49. The van der Waals surface area contributed by atoms with Gasteiger partial charge in [0.05, 0.1) is 11.4 Å². The molecule has 0 spiro atoms. The van der Waals surface area contributed by atoms with Crippen molar-refractivity contribution in [1.82, 2.24) is 4.98 Å². The molecule has 0 bridgehead atoms. The molecule has 0 aliphatic carbocycles. The second-order valence-corrected chi connectivity index (χ2v) is 3.53. The van der Waals surface area contributed by atoms with Gasteiger partial charge in [-0.2, -0.15) is 0 Å². The van der Waals surface area contributed by atoms with E-state index in [4.69, 9.17) is 0 Å². The lowest BCUT2D eigenvalue weighted by Crippen LogP contribution is -2.22. The topological polar surface area (TPSA) is 24.9 Å². The number of aromatic nitrogens is 1. The molecule has 64 valence electrons. The van der Waals surface area contributed by atoms with Gasteiger partial charge in [-0.3, -0.25) is 4.98 Å². The van der Waals surface area contributed by atoms with Crippen LogP contribution in [0, 0.1) is 6.92 Å². The fraction of sp³-hybridized carbons (Fsp3) is 0.500. The maximum Gasteiger partial charge on any atom is 0.0638 e. The Morgan fingerprint density at radius 1 is 1.50 bits per heavy atom. The van der Waals surface area contributed by atoms with Crippen molar-refractivity contribution >= 4 is 5.69 Å². The van der Waals surface area contributed by atoms with Crippen LogP contribution >= 0.6 is 0 Å². The summed E-state index contributed by atoms with van der Waals surface area (Å²) in [6.07, 6.45) is 2.31. The van der Waals surface area contributed by atoms with Crippen LogP contribution in [0.3, 0.4) is 0 Å². The van der Waals surface area contributed by atoms with E-state index in [0.29, 0.717) is 6.04 Å². The molecule has 1 aliphatic rings. The zero-order chi connectivity index (χ0) is 8.55. The largest absolute Gasteiger partial charge is 0.381 e. The minimum atomic E-state index is 0.599. The van der Waals surface area contributed by atoms with Gasteiger partial charge in [-0.05, 0) is 38.8 Å². The maximum absolute atomic E-state index is 4.49. The fourth-order valence-corrected chi connectivity index (χ4v) is 1.62. The number of aryl methyl sites for hydroxylation is 2. The highest BCUT2D eigenvalue weighted by molar-refractivity contribution is 5.50. The van der Waals surface area contributed by atoms with Gasteiger partial charge < -0.3 is 5.32 Å². The SMILES string of the molecule is Cc1ccc2c(n1)CCC(C)N2. The first kappa shape index (κ1) is 7.59. The molecular formula is C10H14N2. The zero-order valence-electron chi connectivity index (χ0n) is 7.59. The van der Waals surface area contributed by atoms with Gasteiger partial charge in [-0.15, -0.1) is 0 Å². The molecule has 0 fully saturated rings. The monoisotopic (exact) mass is 162 g/mol. The maximum atomic E-state index is 4.49. The zero-order valence-corrected chi connectivity index (χ0v) is 7.59. The van der Waals surface area contributed by atoms with E-state index in [1.807, 2.05) is 6.92 Å². The summed E-state index contributed by atoms with van der Waals surface area (Å²) in [5, 5.41) is 3.42. The van der Waals surface area contributed by atoms with Crippen LogP contribution in [0.25, 0.3) is 0 Å². The molecule has 12 heavy (non-hydrogen) atoms. The third-order valence-corrected chi connectivity index (χ3v) is 2.33. The van der Waals surface area contributed by atoms with Crippen LogP contribution in [0.15, 0.2) is 12.1 Å². The quantitative estimate of drug-likeness (QED) is 0.632. The van der Waals surface area contributed by atoms with E-state index in [9.17, 15) is 0 Å². The molecule has 1 aromatic heterocycles. The Morgan fingerprint density at radius 3 is 3.17 bits per heavy atom. The van der Waals surface area contributed by atoms with Gasteiger partial charge in [0.1, 0.15) is 0 Å². The molecule has 1 atom stereocenters. The number of fused-ring (bicyclic) bond motifs is 1. The summed E-state index contributed by atoms with van der Waals surface area (Å²) < 4.78 is 0. The van der Waals surface area contributed by atoms with Crippen molar-refractivity contribution in [1.29, 1.82) is 0 Å². The first-order valence-electron chi connectivity index (χ1n) is 4.49. The molecule has 2 heterocycles. The lowest BCUT2D eigenvalue weighted by atomic mass is 10.0. The van der Waals surface area contributed by atoms with Crippen LogP contribution in [-0.4, -0.2) is 11.0 Å². The van der Waals surface area contributed by atoms with E-state index < -0.39 is 0 Å². The third kappa shape index (κ3) is 1.29. The summed E-state index contributed by atoms with van der Waals surface area (Å²) in [4.78, 5) is 4.49. The number of nitrogens with zero attached hydrogens (tertiary/aromatic N) is 1. The van der Waals surface area contributed by atoms with Crippen LogP contribution in [0.4, 0.5) is 5.69 Å². The molecule has 0 amide bonds. The smallest absolute Gasteiger partial charge is 0.0638 e. The summed E-state index contributed by atoms with van der Waals surface area (Å²) >= 11 is 0. The summed E-state index contributed by atoms with van der Waals surface area (Å²) in [6.45, 7) is 4.25. The second-order valence-electron chi connectivity index (χ2n) is 3.53. The Balaban J connectivity index is 2.37. The molecule has 0 saturated carbocycles. The van der Waals surface area contributed by atoms with Crippen LogP contribution in [0.1, 0.15) is 24.7 Å². The molecule has 2 heteroatoms. The second kappa shape index (κ2) is 2.77. The van der Waals surface area contributed by atoms with Crippen molar-refractivity contribution in [3.8, 4) is 0 Å². The highest BCUT2D eigenvalue weighted by Crippen LogP contribution is 2.22. The van der Waals surface area contributed by atoms with Crippen molar-refractivity contribution in [3.63, 3.8) is 0 Å². The number of anilines is 1. The molecule has 1 N–H and O–H groups in total. The average Bonchev–Trinajstić information content (AvgIpc) is 2.05. The molecule has 1 aromatic rings. The average molecular weight is 162 g/mol. The summed E-state index contributed by atoms with van der Waals surface area (Å²) in [6, 6.07) is 4.79. The van der Waals surface area contributed by atoms with Crippen molar-refractivity contribution in [2.24, 2.45) is 0 Å². The summed E-state index contributed by atoms with van der Waals surface area (Å²) in [7, 11) is 0. The van der Waals surface area contributed by atoms with Gasteiger partial charge in [0.2, 0.25) is 0 Å². The van der Waals surface area contributed by atoms with Gasteiger partial charge in [-0.25, -0.2) is 0 Å². The molecular weight excluding hydrogens is 148 g/mol. The van der Waals surface area contributed by atoms with Crippen molar-refractivity contribution in [3.05, 3.63) is 23.5 Å². The predicted molar refractivity (Wildman–Crippen MR) is 50.4 cm³/mol. The Morgan fingerprint density at radius 2 is 2.33 bits per heavy atom. The number of nitrogens with one attached hydrogen (secondary N) is 1. The highest BCUT2D eigenvalue weighted by atomic mass is 14.9.